The van der Waals surface area contributed by atoms with Crippen LogP contribution >= 0.6 is 0 Å². The fourth-order valence-corrected chi connectivity index (χ4v) is 2.44. The van der Waals surface area contributed by atoms with Crippen molar-refractivity contribution in [3.63, 3.8) is 0 Å². The van der Waals surface area contributed by atoms with Gasteiger partial charge < -0.3 is 0 Å². The Morgan fingerprint density at radius 1 is 0.905 bits per heavy atom. The van der Waals surface area contributed by atoms with E-state index >= 15 is 0 Å². The molecule has 21 heavy (non-hydrogen) atoms. The molecule has 1 N–H and O–H groups in total. The summed E-state index contributed by atoms with van der Waals surface area (Å²) in [6.07, 6.45) is 2.80. The average molecular weight is 277 g/mol. The second kappa shape index (κ2) is 5.37. The van der Waals surface area contributed by atoms with E-state index in [1.807, 2.05) is 36.4 Å². The lowest BCUT2D eigenvalue weighted by Crippen LogP contribution is -2.36. The normalized spacial score (nSPS) is 15.8. The van der Waals surface area contributed by atoms with E-state index in [1.54, 1.807) is 18.2 Å². The first-order valence-electron chi connectivity index (χ1n) is 6.94. The Morgan fingerprint density at radius 3 is 2.24 bits per heavy atom. The highest BCUT2D eigenvalue weighted by Gasteiger charge is 2.26. The number of aryl methyl sites for hydroxylation is 1. The van der Waals surface area contributed by atoms with Crippen molar-refractivity contribution in [3.8, 4) is 0 Å². The molecular weight excluding hydrogens is 262 g/mol. The number of hydrogen-bond donors (Lipinski definition) is 1. The van der Waals surface area contributed by atoms with Crippen molar-refractivity contribution in [2.75, 3.05) is 0 Å². The number of hydrogen-bond acceptors (Lipinski definition) is 2. The Bertz CT molecular complexity index is 742. The zero-order valence-corrected chi connectivity index (χ0v) is 11.7. The van der Waals surface area contributed by atoms with Gasteiger partial charge in [-0.1, -0.05) is 49.4 Å². The van der Waals surface area contributed by atoms with Crippen LogP contribution in [0.5, 0.6) is 0 Å². The highest BCUT2D eigenvalue weighted by molar-refractivity contribution is 6.33. The molecule has 0 fully saturated rings. The topological polar surface area (TPSA) is 46.2 Å². The monoisotopic (exact) mass is 277 g/mol. The Hall–Kier alpha value is -2.68. The Labute approximate surface area is 123 Å². The average Bonchev–Trinajstić information content (AvgIpc) is 2.52. The first-order valence-corrected chi connectivity index (χ1v) is 6.94. The van der Waals surface area contributed by atoms with Gasteiger partial charge in [-0.15, -0.1) is 0 Å². The highest BCUT2D eigenvalue weighted by atomic mass is 16.2. The van der Waals surface area contributed by atoms with Crippen molar-refractivity contribution in [3.05, 3.63) is 70.8 Å². The van der Waals surface area contributed by atoms with E-state index in [0.29, 0.717) is 16.7 Å². The SMILES string of the molecule is CCc1ccc(C=C2C(=O)NC(=O)c3ccccc32)cc1. The van der Waals surface area contributed by atoms with Crippen molar-refractivity contribution >= 4 is 23.5 Å². The predicted molar refractivity (Wildman–Crippen MR) is 82.6 cm³/mol. The molecule has 0 radical (unpaired) electrons. The van der Waals surface area contributed by atoms with E-state index in [9.17, 15) is 9.59 Å². The van der Waals surface area contributed by atoms with Crippen LogP contribution in [0, 0.1) is 0 Å². The lowest BCUT2D eigenvalue weighted by molar-refractivity contribution is -0.114. The van der Waals surface area contributed by atoms with Crippen LogP contribution in [0.4, 0.5) is 0 Å². The van der Waals surface area contributed by atoms with Gasteiger partial charge in [0.2, 0.25) is 0 Å². The molecule has 104 valence electrons. The van der Waals surface area contributed by atoms with Gasteiger partial charge in [-0.2, -0.15) is 0 Å². The molecule has 0 unspecified atom stereocenters. The van der Waals surface area contributed by atoms with Crippen LogP contribution in [0.3, 0.4) is 0 Å². The summed E-state index contributed by atoms with van der Waals surface area (Å²) in [7, 11) is 0. The number of rotatable bonds is 2. The third kappa shape index (κ3) is 2.50. The maximum atomic E-state index is 12.1. The van der Waals surface area contributed by atoms with E-state index in [-0.39, 0.29) is 11.8 Å². The van der Waals surface area contributed by atoms with Crippen LogP contribution < -0.4 is 5.32 Å². The van der Waals surface area contributed by atoms with Gasteiger partial charge in [0.15, 0.2) is 0 Å². The molecule has 3 heteroatoms. The van der Waals surface area contributed by atoms with Crippen LogP contribution in [-0.4, -0.2) is 11.8 Å². The van der Waals surface area contributed by atoms with Gasteiger partial charge in [-0.25, -0.2) is 0 Å². The Balaban J connectivity index is 2.07. The largest absolute Gasteiger partial charge is 0.288 e. The number of imide groups is 1. The molecule has 1 heterocycles. The van der Waals surface area contributed by atoms with E-state index in [4.69, 9.17) is 0 Å². The summed E-state index contributed by atoms with van der Waals surface area (Å²) >= 11 is 0. The molecule has 0 saturated heterocycles. The van der Waals surface area contributed by atoms with Gasteiger partial charge in [0.1, 0.15) is 0 Å². The van der Waals surface area contributed by atoms with Gasteiger partial charge in [0.25, 0.3) is 11.8 Å². The molecule has 3 nitrogen and oxygen atoms in total. The molecular formula is C18H15NO2. The number of carbonyl (C=O) groups is 2. The molecule has 2 aromatic carbocycles. The number of nitrogens with one attached hydrogen (secondary N) is 1. The van der Waals surface area contributed by atoms with Crippen molar-refractivity contribution in [1.29, 1.82) is 0 Å². The van der Waals surface area contributed by atoms with Crippen LogP contribution in [-0.2, 0) is 11.2 Å². The molecule has 1 aliphatic rings. The maximum Gasteiger partial charge on any atom is 0.258 e. The molecule has 3 rings (SSSR count). The molecule has 2 aromatic rings. The van der Waals surface area contributed by atoms with Gasteiger partial charge >= 0.3 is 0 Å². The summed E-state index contributed by atoms with van der Waals surface area (Å²) in [4.78, 5) is 23.9. The van der Waals surface area contributed by atoms with Crippen molar-refractivity contribution in [2.45, 2.75) is 13.3 Å². The standard InChI is InChI=1S/C18H15NO2/c1-2-12-7-9-13(10-8-12)11-16-14-5-3-4-6-15(14)17(20)19-18(16)21/h3-11H,2H2,1H3,(H,19,20,21). The zero-order valence-electron chi connectivity index (χ0n) is 11.7. The van der Waals surface area contributed by atoms with Crippen LogP contribution in [0.15, 0.2) is 48.5 Å². The minimum absolute atomic E-state index is 0.339. The third-order valence-corrected chi connectivity index (χ3v) is 3.63. The van der Waals surface area contributed by atoms with E-state index in [1.165, 1.54) is 5.56 Å². The molecule has 2 amide bonds. The summed E-state index contributed by atoms with van der Waals surface area (Å²) in [5, 5.41) is 2.38. The fraction of sp³-hybridized carbons (Fsp3) is 0.111. The Kier molecular flexibility index (Phi) is 3.40. The lowest BCUT2D eigenvalue weighted by atomic mass is 9.93. The van der Waals surface area contributed by atoms with Gasteiger partial charge in [-0.05, 0) is 35.3 Å². The number of carbonyl (C=O) groups excluding carboxylic acids is 2. The smallest absolute Gasteiger partial charge is 0.258 e. The van der Waals surface area contributed by atoms with Gasteiger partial charge in [0.05, 0.1) is 0 Å². The lowest BCUT2D eigenvalue weighted by Gasteiger charge is -2.18. The summed E-state index contributed by atoms with van der Waals surface area (Å²) in [6, 6.07) is 15.2. The van der Waals surface area contributed by atoms with E-state index in [2.05, 4.69) is 12.2 Å². The summed E-state index contributed by atoms with van der Waals surface area (Å²) in [5.41, 5.74) is 3.94. The third-order valence-electron chi connectivity index (χ3n) is 3.63. The van der Waals surface area contributed by atoms with Crippen LogP contribution in [0.1, 0.15) is 34.0 Å². The van der Waals surface area contributed by atoms with Crippen LogP contribution in [0.25, 0.3) is 11.6 Å². The molecule has 0 aromatic heterocycles. The molecule has 1 aliphatic heterocycles. The number of amides is 2. The number of benzene rings is 2. The predicted octanol–water partition coefficient (Wildman–Crippen LogP) is 3.06. The second-order valence-electron chi connectivity index (χ2n) is 4.98. The first kappa shape index (κ1) is 13.3. The minimum Gasteiger partial charge on any atom is -0.288 e. The molecule has 0 bridgehead atoms. The minimum atomic E-state index is -0.349. The van der Waals surface area contributed by atoms with Crippen LogP contribution in [0.2, 0.25) is 0 Å². The molecule has 0 spiro atoms. The van der Waals surface area contributed by atoms with Gasteiger partial charge in [0, 0.05) is 11.1 Å². The van der Waals surface area contributed by atoms with E-state index < -0.39 is 0 Å². The maximum absolute atomic E-state index is 12.1. The molecule has 0 atom stereocenters. The van der Waals surface area contributed by atoms with Crippen molar-refractivity contribution in [2.24, 2.45) is 0 Å². The van der Waals surface area contributed by atoms with Crippen molar-refractivity contribution < 1.29 is 9.59 Å². The molecule has 0 aliphatic carbocycles. The zero-order chi connectivity index (χ0) is 14.8. The van der Waals surface area contributed by atoms with Gasteiger partial charge in [-0.3, -0.25) is 14.9 Å². The second-order valence-corrected chi connectivity index (χ2v) is 4.98. The summed E-state index contributed by atoms with van der Waals surface area (Å²) in [5.74, 6) is -0.688. The first-order chi connectivity index (χ1) is 10.2. The highest BCUT2D eigenvalue weighted by Crippen LogP contribution is 2.26. The van der Waals surface area contributed by atoms with Crippen molar-refractivity contribution in [1.82, 2.24) is 5.32 Å². The quantitative estimate of drug-likeness (QED) is 0.677. The Morgan fingerprint density at radius 2 is 1.57 bits per heavy atom. The number of fused-ring (bicyclic) bond motifs is 1. The van der Waals surface area contributed by atoms with E-state index in [0.717, 1.165) is 12.0 Å². The molecule has 0 saturated carbocycles. The fourth-order valence-electron chi connectivity index (χ4n) is 2.44. The summed E-state index contributed by atoms with van der Waals surface area (Å²) in [6.45, 7) is 2.10. The summed E-state index contributed by atoms with van der Waals surface area (Å²) < 4.78 is 0.